The number of fused-ring (bicyclic) bond motifs is 1. The Morgan fingerprint density at radius 1 is 1.47 bits per heavy atom. The summed E-state index contributed by atoms with van der Waals surface area (Å²) in [7, 11) is 0. The molecule has 15 heavy (non-hydrogen) atoms. The number of hydrogen-bond acceptors (Lipinski definition) is 3. The lowest BCUT2D eigenvalue weighted by atomic mass is 10.3. The zero-order valence-corrected chi connectivity index (χ0v) is 8.08. The molecule has 0 unspecified atom stereocenters. The van der Waals surface area contributed by atoms with Gasteiger partial charge in [-0.25, -0.2) is 5.10 Å². The van der Waals surface area contributed by atoms with E-state index in [9.17, 15) is 18.0 Å². The number of H-pyrrole nitrogens is 1. The van der Waals surface area contributed by atoms with Crippen molar-refractivity contribution in [2.75, 3.05) is 0 Å². The second-order valence-electron chi connectivity index (χ2n) is 2.98. The molecule has 0 aliphatic heterocycles. The average molecular weight is 234 g/mol. The molecule has 2 rings (SSSR count). The minimum absolute atomic E-state index is 0.121. The van der Waals surface area contributed by atoms with Crippen molar-refractivity contribution in [3.05, 3.63) is 27.5 Å². The van der Waals surface area contributed by atoms with E-state index in [4.69, 9.17) is 0 Å². The van der Waals surface area contributed by atoms with E-state index in [1.54, 1.807) is 0 Å². The number of nitrogens with zero attached hydrogens (tertiary/aromatic N) is 1. The van der Waals surface area contributed by atoms with Gasteiger partial charge >= 0.3 is 6.18 Å². The van der Waals surface area contributed by atoms with Crippen LogP contribution in [0.5, 0.6) is 0 Å². The molecule has 0 aliphatic rings. The van der Waals surface area contributed by atoms with Crippen molar-refractivity contribution in [1.29, 1.82) is 0 Å². The molecular formula is C8H5F3N2OS. The van der Waals surface area contributed by atoms with Gasteiger partial charge in [0.25, 0.3) is 5.56 Å². The summed E-state index contributed by atoms with van der Waals surface area (Å²) in [6.07, 6.45) is -3.91. The number of thiophene rings is 1. The zero-order valence-electron chi connectivity index (χ0n) is 7.26. The van der Waals surface area contributed by atoms with Crippen LogP contribution in [0.3, 0.4) is 0 Å². The maximum atomic E-state index is 12.1. The third-order valence-electron chi connectivity index (χ3n) is 1.78. The number of hydrogen-bond donors (Lipinski definition) is 1. The Kier molecular flexibility index (Phi) is 2.26. The van der Waals surface area contributed by atoms with E-state index in [0.29, 0.717) is 4.70 Å². The van der Waals surface area contributed by atoms with Gasteiger partial charge in [0.2, 0.25) is 0 Å². The van der Waals surface area contributed by atoms with Gasteiger partial charge in [-0.3, -0.25) is 4.79 Å². The number of aromatic nitrogens is 2. The van der Waals surface area contributed by atoms with Crippen LogP contribution >= 0.6 is 11.3 Å². The highest BCUT2D eigenvalue weighted by atomic mass is 32.1. The molecule has 0 aromatic carbocycles. The first-order valence-corrected chi connectivity index (χ1v) is 4.80. The van der Waals surface area contributed by atoms with Crippen LogP contribution in [-0.4, -0.2) is 16.4 Å². The van der Waals surface area contributed by atoms with Crippen LogP contribution < -0.4 is 5.56 Å². The van der Waals surface area contributed by atoms with Gasteiger partial charge in [0.1, 0.15) is 0 Å². The number of nitrogens with one attached hydrogen (secondary N) is 1. The number of rotatable bonds is 1. The smallest absolute Gasteiger partial charge is 0.267 e. The highest BCUT2D eigenvalue weighted by Gasteiger charge is 2.28. The summed E-state index contributed by atoms with van der Waals surface area (Å²) in [4.78, 5) is 11.3. The predicted octanol–water partition coefficient (Wildman–Crippen LogP) is 2.09. The van der Waals surface area contributed by atoms with Gasteiger partial charge in [0.15, 0.2) is 0 Å². The molecule has 2 aromatic heterocycles. The van der Waals surface area contributed by atoms with Crippen LogP contribution in [0.4, 0.5) is 13.2 Å². The van der Waals surface area contributed by atoms with Crippen LogP contribution in [0.15, 0.2) is 17.1 Å². The van der Waals surface area contributed by atoms with Gasteiger partial charge < -0.3 is 0 Å². The fourth-order valence-corrected chi connectivity index (χ4v) is 2.29. The Hall–Kier alpha value is -1.37. The van der Waals surface area contributed by atoms with Gasteiger partial charge in [-0.05, 0) is 6.07 Å². The first-order chi connectivity index (χ1) is 6.96. The molecule has 0 saturated heterocycles. The highest BCUT2D eigenvalue weighted by molar-refractivity contribution is 7.19. The van der Waals surface area contributed by atoms with Crippen LogP contribution in [-0.2, 0) is 6.42 Å². The molecule has 0 saturated carbocycles. The molecule has 0 atom stereocenters. The molecule has 1 N–H and O–H groups in total. The van der Waals surface area contributed by atoms with E-state index in [1.165, 1.54) is 12.3 Å². The third-order valence-corrected chi connectivity index (χ3v) is 2.85. The van der Waals surface area contributed by atoms with E-state index in [1.807, 2.05) is 0 Å². The lowest BCUT2D eigenvalue weighted by Gasteiger charge is -2.01. The van der Waals surface area contributed by atoms with E-state index in [-0.39, 0.29) is 10.3 Å². The van der Waals surface area contributed by atoms with Crippen molar-refractivity contribution >= 4 is 21.4 Å². The molecule has 0 aliphatic carbocycles. The topological polar surface area (TPSA) is 45.8 Å². The largest absolute Gasteiger partial charge is 0.393 e. The molecule has 3 nitrogen and oxygen atoms in total. The molecule has 2 aromatic rings. The van der Waals surface area contributed by atoms with Crippen LogP contribution in [0, 0.1) is 0 Å². The molecule has 0 amide bonds. The summed E-state index contributed by atoms with van der Waals surface area (Å²) in [5, 5.41) is 5.94. The van der Waals surface area contributed by atoms with Gasteiger partial charge in [-0.15, -0.1) is 11.3 Å². The second-order valence-corrected chi connectivity index (χ2v) is 4.15. The number of halogens is 3. The Labute approximate surface area is 85.5 Å². The molecule has 0 bridgehead atoms. The maximum absolute atomic E-state index is 12.1. The van der Waals surface area contributed by atoms with Crippen molar-refractivity contribution in [3.63, 3.8) is 0 Å². The van der Waals surface area contributed by atoms with E-state index < -0.39 is 18.2 Å². The predicted molar refractivity (Wildman–Crippen MR) is 50.0 cm³/mol. The van der Waals surface area contributed by atoms with E-state index >= 15 is 0 Å². The van der Waals surface area contributed by atoms with Crippen LogP contribution in [0.1, 0.15) is 4.88 Å². The van der Waals surface area contributed by atoms with Crippen molar-refractivity contribution in [2.45, 2.75) is 12.6 Å². The van der Waals surface area contributed by atoms with Gasteiger partial charge in [-0.2, -0.15) is 18.3 Å². The Morgan fingerprint density at radius 2 is 2.20 bits per heavy atom. The van der Waals surface area contributed by atoms with Crippen molar-refractivity contribution < 1.29 is 13.2 Å². The number of aromatic amines is 1. The van der Waals surface area contributed by atoms with Crippen LogP contribution in [0.2, 0.25) is 0 Å². The number of alkyl halides is 3. The summed E-state index contributed by atoms with van der Waals surface area (Å²) in [6.45, 7) is 0. The Morgan fingerprint density at radius 3 is 2.80 bits per heavy atom. The fraction of sp³-hybridized carbons (Fsp3) is 0.250. The summed E-state index contributed by atoms with van der Waals surface area (Å²) >= 11 is 0.936. The monoisotopic (exact) mass is 234 g/mol. The van der Waals surface area contributed by atoms with Crippen LogP contribution in [0.25, 0.3) is 10.1 Å². The molecular weight excluding hydrogens is 229 g/mol. The lowest BCUT2D eigenvalue weighted by molar-refractivity contribution is -0.126. The maximum Gasteiger partial charge on any atom is 0.393 e. The van der Waals surface area contributed by atoms with Crippen molar-refractivity contribution in [3.8, 4) is 0 Å². The molecule has 2 heterocycles. The van der Waals surface area contributed by atoms with Gasteiger partial charge in [0.05, 0.1) is 22.7 Å². The SMILES string of the molecule is O=c1[nH]ncc2sc(CC(F)(F)F)cc12. The van der Waals surface area contributed by atoms with Gasteiger partial charge in [0, 0.05) is 4.88 Å². The standard InChI is InChI=1S/C8H5F3N2OS/c9-8(10,11)2-4-1-5-6(15-4)3-12-13-7(5)14/h1,3H,2H2,(H,13,14). The molecule has 0 radical (unpaired) electrons. The first kappa shape index (κ1) is 10.2. The fourth-order valence-electron chi connectivity index (χ4n) is 1.23. The average Bonchev–Trinajstić information content (AvgIpc) is 2.45. The van der Waals surface area contributed by atoms with Crippen molar-refractivity contribution in [2.24, 2.45) is 0 Å². The first-order valence-electron chi connectivity index (χ1n) is 3.98. The van der Waals surface area contributed by atoms with Crippen molar-refractivity contribution in [1.82, 2.24) is 10.2 Å². The Balaban J connectivity index is 2.48. The second kappa shape index (κ2) is 3.34. The zero-order chi connectivity index (χ0) is 11.1. The molecule has 0 spiro atoms. The third kappa shape index (κ3) is 2.17. The molecule has 0 fully saturated rings. The summed E-state index contributed by atoms with van der Waals surface area (Å²) in [5.74, 6) is 0. The normalized spacial score (nSPS) is 12.2. The Bertz CT molecular complexity index is 543. The minimum atomic E-state index is -4.25. The van der Waals surface area contributed by atoms with E-state index in [0.717, 1.165) is 11.3 Å². The van der Waals surface area contributed by atoms with Gasteiger partial charge in [-0.1, -0.05) is 0 Å². The summed E-state index contributed by atoms with van der Waals surface area (Å²) in [5.41, 5.74) is -0.461. The van der Waals surface area contributed by atoms with E-state index in [2.05, 4.69) is 10.2 Å². The molecule has 80 valence electrons. The lowest BCUT2D eigenvalue weighted by Crippen LogP contribution is -2.10. The molecule has 7 heteroatoms. The highest BCUT2D eigenvalue weighted by Crippen LogP contribution is 2.28. The summed E-state index contributed by atoms with van der Waals surface area (Å²) in [6, 6.07) is 1.26. The summed E-state index contributed by atoms with van der Waals surface area (Å²) < 4.78 is 36.7. The minimum Gasteiger partial charge on any atom is -0.267 e. The quantitative estimate of drug-likeness (QED) is 0.821.